The Balaban J connectivity index is 1.92. The molecular formula is C12H14ClN3O2. The first-order valence-corrected chi connectivity index (χ1v) is 6.05. The van der Waals surface area contributed by atoms with Gasteiger partial charge in [0.2, 0.25) is 5.91 Å². The Hall–Kier alpha value is -1.75. The second kappa shape index (κ2) is 5.27. The van der Waals surface area contributed by atoms with Gasteiger partial charge in [0, 0.05) is 23.2 Å². The van der Waals surface area contributed by atoms with E-state index in [2.05, 4.69) is 16.0 Å². The number of nitrogens with one attached hydrogen (secondary N) is 3. The highest BCUT2D eigenvalue weighted by atomic mass is 35.5. The normalized spacial score (nSPS) is 22.4. The van der Waals surface area contributed by atoms with E-state index in [1.807, 2.05) is 6.92 Å². The molecule has 0 saturated carbocycles. The maximum atomic E-state index is 11.7. The summed E-state index contributed by atoms with van der Waals surface area (Å²) in [6, 6.07) is 5.88. The fourth-order valence-corrected chi connectivity index (χ4v) is 1.92. The number of hydrogen-bond acceptors (Lipinski definition) is 2. The van der Waals surface area contributed by atoms with Gasteiger partial charge in [-0.1, -0.05) is 18.5 Å². The fraction of sp³-hybridized carbons (Fsp3) is 0.333. The van der Waals surface area contributed by atoms with Crippen LogP contribution in [0.4, 0.5) is 10.5 Å². The molecule has 0 aromatic heterocycles. The molecule has 3 amide bonds. The Kier molecular flexibility index (Phi) is 3.72. The first kappa shape index (κ1) is 12.7. The van der Waals surface area contributed by atoms with Gasteiger partial charge < -0.3 is 16.0 Å². The molecule has 2 atom stereocenters. The molecule has 0 radical (unpaired) electrons. The van der Waals surface area contributed by atoms with Crippen LogP contribution in [0.1, 0.15) is 6.92 Å². The lowest BCUT2D eigenvalue weighted by Crippen LogP contribution is -2.44. The summed E-state index contributed by atoms with van der Waals surface area (Å²) in [7, 11) is 0. The highest BCUT2D eigenvalue weighted by Crippen LogP contribution is 2.14. The molecular weight excluding hydrogens is 254 g/mol. The standard InChI is InChI=1S/C12H14ClN3O2/c1-7-6-14-11(17)10(7)16-12(18)15-9-4-2-8(13)3-5-9/h2-5,7,10H,6H2,1H3,(H,14,17)(H2,15,16,18)/t7-,10+/m0/s1. The van der Waals surface area contributed by atoms with Crippen LogP contribution in [0, 0.1) is 5.92 Å². The summed E-state index contributed by atoms with van der Waals surface area (Å²) >= 11 is 5.74. The number of hydrogen-bond donors (Lipinski definition) is 3. The zero-order valence-electron chi connectivity index (χ0n) is 9.87. The van der Waals surface area contributed by atoms with Gasteiger partial charge in [0.15, 0.2) is 0 Å². The number of rotatable bonds is 2. The highest BCUT2D eigenvalue weighted by molar-refractivity contribution is 6.30. The number of benzene rings is 1. The van der Waals surface area contributed by atoms with Crippen molar-refractivity contribution in [2.75, 3.05) is 11.9 Å². The van der Waals surface area contributed by atoms with Crippen molar-refractivity contribution in [3.8, 4) is 0 Å². The number of amides is 3. The number of carbonyl (C=O) groups excluding carboxylic acids is 2. The van der Waals surface area contributed by atoms with Gasteiger partial charge in [-0.3, -0.25) is 4.79 Å². The predicted octanol–water partition coefficient (Wildman–Crippen LogP) is 1.60. The summed E-state index contributed by atoms with van der Waals surface area (Å²) in [6.07, 6.45) is 0. The first-order valence-electron chi connectivity index (χ1n) is 5.67. The quantitative estimate of drug-likeness (QED) is 0.762. The minimum atomic E-state index is -0.475. The molecule has 1 saturated heterocycles. The smallest absolute Gasteiger partial charge is 0.319 e. The molecule has 96 valence electrons. The molecule has 1 aromatic rings. The van der Waals surface area contributed by atoms with Crippen LogP contribution in [0.25, 0.3) is 0 Å². The molecule has 0 spiro atoms. The molecule has 0 unspecified atom stereocenters. The SMILES string of the molecule is C[C@H]1CNC(=O)[C@@H]1NC(=O)Nc1ccc(Cl)cc1. The van der Waals surface area contributed by atoms with Crippen LogP contribution in [0.3, 0.4) is 0 Å². The van der Waals surface area contributed by atoms with E-state index in [0.717, 1.165) is 0 Å². The lowest BCUT2D eigenvalue weighted by molar-refractivity contribution is -0.120. The van der Waals surface area contributed by atoms with Crippen molar-refractivity contribution < 1.29 is 9.59 Å². The summed E-state index contributed by atoms with van der Waals surface area (Å²) < 4.78 is 0. The Morgan fingerprint density at radius 1 is 1.39 bits per heavy atom. The van der Waals surface area contributed by atoms with Crippen molar-refractivity contribution in [2.45, 2.75) is 13.0 Å². The minimum Gasteiger partial charge on any atom is -0.354 e. The summed E-state index contributed by atoms with van der Waals surface area (Å²) in [4.78, 5) is 23.2. The van der Waals surface area contributed by atoms with Gasteiger partial charge in [-0.05, 0) is 24.3 Å². The lowest BCUT2D eigenvalue weighted by atomic mass is 10.1. The van der Waals surface area contributed by atoms with Crippen LogP contribution in [0.15, 0.2) is 24.3 Å². The first-order chi connectivity index (χ1) is 8.56. The van der Waals surface area contributed by atoms with Crippen molar-refractivity contribution >= 4 is 29.2 Å². The van der Waals surface area contributed by atoms with Crippen LogP contribution >= 0.6 is 11.6 Å². The number of anilines is 1. The molecule has 0 aliphatic carbocycles. The van der Waals surface area contributed by atoms with Crippen LogP contribution < -0.4 is 16.0 Å². The molecule has 3 N–H and O–H groups in total. The third-order valence-electron chi connectivity index (χ3n) is 2.84. The van der Waals surface area contributed by atoms with Gasteiger partial charge in [-0.25, -0.2) is 4.79 Å². The van der Waals surface area contributed by atoms with E-state index in [1.165, 1.54) is 0 Å². The number of halogens is 1. The van der Waals surface area contributed by atoms with E-state index >= 15 is 0 Å². The van der Waals surface area contributed by atoms with Crippen molar-refractivity contribution in [1.29, 1.82) is 0 Å². The minimum absolute atomic E-state index is 0.0912. The van der Waals surface area contributed by atoms with Gasteiger partial charge in [0.1, 0.15) is 6.04 Å². The van der Waals surface area contributed by atoms with E-state index in [1.54, 1.807) is 24.3 Å². The fourth-order valence-electron chi connectivity index (χ4n) is 1.80. The Morgan fingerprint density at radius 2 is 2.06 bits per heavy atom. The molecule has 1 fully saturated rings. The average Bonchev–Trinajstić information content (AvgIpc) is 2.64. The molecule has 18 heavy (non-hydrogen) atoms. The molecule has 1 aliphatic heterocycles. The predicted molar refractivity (Wildman–Crippen MR) is 69.6 cm³/mol. The monoisotopic (exact) mass is 267 g/mol. The number of urea groups is 1. The molecule has 1 aliphatic rings. The van der Waals surface area contributed by atoms with Gasteiger partial charge in [0.25, 0.3) is 0 Å². The van der Waals surface area contributed by atoms with Gasteiger partial charge in [0.05, 0.1) is 0 Å². The molecule has 1 aromatic carbocycles. The van der Waals surface area contributed by atoms with E-state index in [9.17, 15) is 9.59 Å². The summed E-state index contributed by atoms with van der Waals surface area (Å²) in [5.74, 6) is -0.0535. The van der Waals surface area contributed by atoms with Crippen LogP contribution in [-0.2, 0) is 4.79 Å². The largest absolute Gasteiger partial charge is 0.354 e. The van der Waals surface area contributed by atoms with Crippen molar-refractivity contribution in [2.24, 2.45) is 5.92 Å². The van der Waals surface area contributed by atoms with Crippen molar-refractivity contribution in [1.82, 2.24) is 10.6 Å². The van der Waals surface area contributed by atoms with Gasteiger partial charge >= 0.3 is 6.03 Å². The molecule has 1 heterocycles. The summed E-state index contributed by atoms with van der Waals surface area (Å²) in [5.41, 5.74) is 0.628. The van der Waals surface area contributed by atoms with E-state index < -0.39 is 12.1 Å². The van der Waals surface area contributed by atoms with Crippen LogP contribution in [0.2, 0.25) is 5.02 Å². The maximum absolute atomic E-state index is 11.7. The summed E-state index contributed by atoms with van der Waals surface area (Å²) in [5, 5.41) is 8.59. The van der Waals surface area contributed by atoms with Crippen LogP contribution in [0.5, 0.6) is 0 Å². The summed E-state index contributed by atoms with van der Waals surface area (Å²) in [6.45, 7) is 2.50. The van der Waals surface area contributed by atoms with Crippen molar-refractivity contribution in [3.05, 3.63) is 29.3 Å². The van der Waals surface area contributed by atoms with E-state index in [0.29, 0.717) is 17.3 Å². The Morgan fingerprint density at radius 3 is 2.61 bits per heavy atom. The zero-order valence-corrected chi connectivity index (χ0v) is 10.6. The third-order valence-corrected chi connectivity index (χ3v) is 3.09. The Bertz CT molecular complexity index is 461. The van der Waals surface area contributed by atoms with Gasteiger partial charge in [-0.2, -0.15) is 0 Å². The molecule has 5 nitrogen and oxygen atoms in total. The number of carbonyl (C=O) groups is 2. The third kappa shape index (κ3) is 2.92. The van der Waals surface area contributed by atoms with E-state index in [4.69, 9.17) is 11.6 Å². The molecule has 6 heteroatoms. The zero-order chi connectivity index (χ0) is 13.1. The van der Waals surface area contributed by atoms with Gasteiger partial charge in [-0.15, -0.1) is 0 Å². The topological polar surface area (TPSA) is 70.2 Å². The van der Waals surface area contributed by atoms with Crippen LogP contribution in [-0.4, -0.2) is 24.5 Å². The average molecular weight is 268 g/mol. The Labute approximate surface area is 110 Å². The highest BCUT2D eigenvalue weighted by Gasteiger charge is 2.32. The second-order valence-corrected chi connectivity index (χ2v) is 4.74. The molecule has 0 bridgehead atoms. The second-order valence-electron chi connectivity index (χ2n) is 4.31. The lowest BCUT2D eigenvalue weighted by Gasteiger charge is -2.15. The van der Waals surface area contributed by atoms with E-state index in [-0.39, 0.29) is 11.8 Å². The van der Waals surface area contributed by atoms with Crippen molar-refractivity contribution in [3.63, 3.8) is 0 Å². The maximum Gasteiger partial charge on any atom is 0.319 e. The molecule has 2 rings (SSSR count).